The predicted molar refractivity (Wildman–Crippen MR) is 173 cm³/mol. The van der Waals surface area contributed by atoms with E-state index in [9.17, 15) is 9.59 Å². The third-order valence-corrected chi connectivity index (χ3v) is 13.4. The van der Waals surface area contributed by atoms with E-state index < -0.39 is 0 Å². The standard InChI is InChI=1S/C33H56N2O4S2/c1-11-26-19-28(39-30(37)24(8)9)21-32(14-4,15-5)34(26)40-41-35-31(12-2,13-3)18-16-17-27(38-29(36)23(6)7)22-33(35)20-25(33)10/h25-28H,6,8,11-22H2,1-5,7,9-10H3. The maximum absolute atomic E-state index is 12.5. The zero-order valence-electron chi connectivity index (χ0n) is 27.1. The van der Waals surface area contributed by atoms with Crippen LogP contribution in [-0.4, -0.2) is 55.4 Å². The van der Waals surface area contributed by atoms with Gasteiger partial charge < -0.3 is 9.47 Å². The normalized spacial score (nSPS) is 31.6. The molecular formula is C33H56N2O4S2. The number of nitrogens with zero attached hydrogens (tertiary/aromatic N) is 2. The van der Waals surface area contributed by atoms with Gasteiger partial charge in [0.2, 0.25) is 0 Å². The van der Waals surface area contributed by atoms with Crippen molar-refractivity contribution in [3.05, 3.63) is 24.3 Å². The fourth-order valence-electron chi connectivity index (χ4n) is 7.36. The summed E-state index contributed by atoms with van der Waals surface area (Å²) < 4.78 is 17.4. The molecule has 5 unspecified atom stereocenters. The lowest BCUT2D eigenvalue weighted by atomic mass is 9.79. The first-order valence-electron chi connectivity index (χ1n) is 16.0. The van der Waals surface area contributed by atoms with Gasteiger partial charge in [-0.15, -0.1) is 0 Å². The number of ether oxygens (including phenoxy) is 2. The number of carbonyl (C=O) groups is 2. The third-order valence-electron chi connectivity index (χ3n) is 10.5. The molecule has 234 valence electrons. The molecule has 3 fully saturated rings. The van der Waals surface area contributed by atoms with Crippen molar-refractivity contribution in [1.29, 1.82) is 0 Å². The van der Waals surface area contributed by atoms with Gasteiger partial charge in [0.15, 0.2) is 0 Å². The summed E-state index contributed by atoms with van der Waals surface area (Å²) >= 11 is 0. The first kappa shape index (κ1) is 34.5. The Morgan fingerprint density at radius 3 is 1.83 bits per heavy atom. The average molecular weight is 609 g/mol. The highest BCUT2D eigenvalue weighted by molar-refractivity contribution is 8.74. The predicted octanol–water partition coefficient (Wildman–Crippen LogP) is 8.82. The maximum atomic E-state index is 12.5. The molecule has 1 spiro atoms. The molecule has 0 N–H and O–H groups in total. The van der Waals surface area contributed by atoms with Crippen LogP contribution in [0.25, 0.3) is 0 Å². The number of hydrogen-bond donors (Lipinski definition) is 0. The lowest BCUT2D eigenvalue weighted by Crippen LogP contribution is -2.57. The average Bonchev–Trinajstić information content (AvgIpc) is 3.59. The molecule has 1 saturated carbocycles. The summed E-state index contributed by atoms with van der Waals surface area (Å²) in [6, 6.07) is 0.313. The zero-order valence-corrected chi connectivity index (χ0v) is 28.7. The Kier molecular flexibility index (Phi) is 12.0. The summed E-state index contributed by atoms with van der Waals surface area (Å²) in [5, 5.41) is 0. The fraction of sp³-hybridized carbons (Fsp3) is 0.818. The van der Waals surface area contributed by atoms with E-state index >= 15 is 0 Å². The van der Waals surface area contributed by atoms with E-state index in [0.29, 0.717) is 23.1 Å². The van der Waals surface area contributed by atoms with Crippen molar-refractivity contribution in [2.75, 3.05) is 0 Å². The van der Waals surface area contributed by atoms with Gasteiger partial charge >= 0.3 is 11.9 Å². The Hall–Kier alpha value is -0.960. The van der Waals surface area contributed by atoms with Gasteiger partial charge in [-0.2, -0.15) is 0 Å². The van der Waals surface area contributed by atoms with Crippen molar-refractivity contribution < 1.29 is 19.1 Å². The highest BCUT2D eigenvalue weighted by Gasteiger charge is 2.62. The van der Waals surface area contributed by atoms with Crippen molar-refractivity contribution in [2.24, 2.45) is 5.92 Å². The summed E-state index contributed by atoms with van der Waals surface area (Å²) in [5.41, 5.74) is 1.00. The molecule has 2 heterocycles. The van der Waals surface area contributed by atoms with E-state index in [-0.39, 0.29) is 40.8 Å². The summed E-state index contributed by atoms with van der Waals surface area (Å²) in [6.45, 7) is 25.0. The minimum absolute atomic E-state index is 0.0161. The SMILES string of the molecule is C=C(C)C(=O)OC1CC(CC)N(SSN2C(CC)(CC)CCCC(OC(=O)C(=C)C)CC23CC3C)C(CC)(CC)C1. The smallest absolute Gasteiger partial charge is 0.333 e. The molecule has 0 aromatic rings. The second kappa shape index (κ2) is 14.2. The lowest BCUT2D eigenvalue weighted by molar-refractivity contribution is -0.150. The summed E-state index contributed by atoms with van der Waals surface area (Å²) in [4.78, 5) is 25.0. The van der Waals surface area contributed by atoms with E-state index in [2.05, 4.69) is 63.3 Å². The monoisotopic (exact) mass is 608 g/mol. The molecule has 5 atom stereocenters. The molecule has 0 bridgehead atoms. The molecule has 0 amide bonds. The topological polar surface area (TPSA) is 59.1 Å². The molecule has 3 aliphatic rings. The zero-order chi connectivity index (χ0) is 30.6. The van der Waals surface area contributed by atoms with Crippen LogP contribution in [0.15, 0.2) is 24.3 Å². The highest BCUT2D eigenvalue weighted by Crippen LogP contribution is 2.62. The minimum Gasteiger partial charge on any atom is -0.459 e. The second-order valence-electron chi connectivity index (χ2n) is 13.1. The van der Waals surface area contributed by atoms with Crippen molar-refractivity contribution in [3.8, 4) is 0 Å². The molecule has 2 aliphatic heterocycles. The largest absolute Gasteiger partial charge is 0.459 e. The Morgan fingerprint density at radius 2 is 1.37 bits per heavy atom. The van der Waals surface area contributed by atoms with E-state index in [4.69, 9.17) is 9.47 Å². The molecular weight excluding hydrogens is 553 g/mol. The van der Waals surface area contributed by atoms with Crippen LogP contribution in [0.4, 0.5) is 0 Å². The molecule has 0 aromatic carbocycles. The molecule has 1 aliphatic carbocycles. The Balaban J connectivity index is 1.91. The van der Waals surface area contributed by atoms with Gasteiger partial charge in [-0.1, -0.05) is 54.7 Å². The Bertz CT molecular complexity index is 963. The Morgan fingerprint density at radius 1 is 0.829 bits per heavy atom. The van der Waals surface area contributed by atoms with Crippen LogP contribution in [0.3, 0.4) is 0 Å². The lowest BCUT2D eigenvalue weighted by Gasteiger charge is -2.54. The van der Waals surface area contributed by atoms with Gasteiger partial charge in [0.1, 0.15) is 12.2 Å². The van der Waals surface area contributed by atoms with Crippen LogP contribution in [0.1, 0.15) is 132 Å². The minimum atomic E-state index is -0.274. The highest BCUT2D eigenvalue weighted by atomic mass is 33.1. The van der Waals surface area contributed by atoms with E-state index in [1.165, 1.54) is 0 Å². The molecule has 3 rings (SSSR count). The van der Waals surface area contributed by atoms with Crippen LogP contribution in [0.2, 0.25) is 0 Å². The fourth-order valence-corrected chi connectivity index (χ4v) is 11.5. The maximum Gasteiger partial charge on any atom is 0.333 e. The number of carbonyl (C=O) groups excluding carboxylic acids is 2. The van der Waals surface area contributed by atoms with Crippen LogP contribution in [0, 0.1) is 5.92 Å². The Labute approximate surface area is 258 Å². The number of rotatable bonds is 12. The molecule has 0 radical (unpaired) electrons. The van der Waals surface area contributed by atoms with Crippen LogP contribution in [-0.2, 0) is 19.1 Å². The number of hydrogen-bond acceptors (Lipinski definition) is 8. The van der Waals surface area contributed by atoms with Crippen LogP contribution in [0.5, 0.6) is 0 Å². The number of piperidine rings is 1. The van der Waals surface area contributed by atoms with E-state index in [1.807, 2.05) is 22.0 Å². The molecule has 2 saturated heterocycles. The van der Waals surface area contributed by atoms with Crippen molar-refractivity contribution in [2.45, 2.75) is 167 Å². The summed E-state index contributed by atoms with van der Waals surface area (Å²) in [6.07, 6.45) is 11.8. The van der Waals surface area contributed by atoms with Crippen LogP contribution < -0.4 is 0 Å². The van der Waals surface area contributed by atoms with Crippen molar-refractivity contribution in [1.82, 2.24) is 8.61 Å². The summed E-state index contributed by atoms with van der Waals surface area (Å²) in [7, 11) is 3.88. The quantitative estimate of drug-likeness (QED) is 0.0943. The molecule has 0 aromatic heterocycles. The van der Waals surface area contributed by atoms with Gasteiger partial charge in [-0.05, 0) is 77.6 Å². The second-order valence-corrected chi connectivity index (χ2v) is 15.0. The summed E-state index contributed by atoms with van der Waals surface area (Å²) in [5.74, 6) is 0.0134. The molecule has 6 nitrogen and oxygen atoms in total. The number of esters is 2. The van der Waals surface area contributed by atoms with Gasteiger partial charge in [0, 0.05) is 75.0 Å². The van der Waals surface area contributed by atoms with Crippen molar-refractivity contribution >= 4 is 33.9 Å². The first-order valence-corrected chi connectivity index (χ1v) is 18.1. The third kappa shape index (κ3) is 7.24. The van der Waals surface area contributed by atoms with Gasteiger partial charge in [0.25, 0.3) is 0 Å². The van der Waals surface area contributed by atoms with Gasteiger partial charge in [-0.25, -0.2) is 18.2 Å². The molecule has 41 heavy (non-hydrogen) atoms. The van der Waals surface area contributed by atoms with Crippen LogP contribution >= 0.6 is 22.0 Å². The van der Waals surface area contributed by atoms with Crippen molar-refractivity contribution in [3.63, 3.8) is 0 Å². The van der Waals surface area contributed by atoms with Gasteiger partial charge in [0.05, 0.1) is 0 Å². The van der Waals surface area contributed by atoms with E-state index in [1.54, 1.807) is 13.8 Å². The molecule has 8 heteroatoms. The van der Waals surface area contributed by atoms with Gasteiger partial charge in [-0.3, -0.25) is 0 Å². The van der Waals surface area contributed by atoms with E-state index in [0.717, 1.165) is 77.0 Å². The first-order chi connectivity index (χ1) is 19.4.